The molecule has 0 fully saturated rings. The van der Waals surface area contributed by atoms with Gasteiger partial charge in [-0.1, -0.05) is 32.4 Å². The lowest BCUT2D eigenvalue weighted by Crippen LogP contribution is -2.45. The monoisotopic (exact) mass is 265 g/mol. The summed E-state index contributed by atoms with van der Waals surface area (Å²) in [6.07, 6.45) is 0. The van der Waals surface area contributed by atoms with Gasteiger partial charge in [-0.25, -0.2) is 0 Å². The molecular formula is C13H16ClN3O. The normalized spacial score (nSPS) is 12.7. The molecule has 1 aromatic carbocycles. The minimum atomic E-state index is -0.653. The summed E-state index contributed by atoms with van der Waals surface area (Å²) in [6, 6.07) is 6.01. The lowest BCUT2D eigenvalue weighted by molar-refractivity contribution is -0.119. The minimum absolute atomic E-state index is 0.320. The second-order valence-electron chi connectivity index (χ2n) is 5.14. The molecule has 1 amide bonds. The molecular weight excluding hydrogens is 250 g/mol. The van der Waals surface area contributed by atoms with E-state index < -0.39 is 6.04 Å². The van der Waals surface area contributed by atoms with Gasteiger partial charge in [-0.2, -0.15) is 5.26 Å². The van der Waals surface area contributed by atoms with E-state index in [1.165, 1.54) is 6.07 Å². The Labute approximate surface area is 112 Å². The van der Waals surface area contributed by atoms with Crippen LogP contribution in [-0.4, -0.2) is 11.9 Å². The van der Waals surface area contributed by atoms with Crippen LogP contribution in [0.4, 0.5) is 5.69 Å². The van der Waals surface area contributed by atoms with Gasteiger partial charge in [-0.15, -0.1) is 0 Å². The molecule has 5 heteroatoms. The second-order valence-corrected chi connectivity index (χ2v) is 5.55. The molecule has 18 heavy (non-hydrogen) atoms. The fourth-order valence-corrected chi connectivity index (χ4v) is 1.46. The average molecular weight is 266 g/mol. The van der Waals surface area contributed by atoms with Crippen molar-refractivity contribution >= 4 is 23.2 Å². The van der Waals surface area contributed by atoms with E-state index in [-0.39, 0.29) is 11.3 Å². The molecule has 1 aromatic rings. The number of nitriles is 1. The van der Waals surface area contributed by atoms with Crippen molar-refractivity contribution in [2.24, 2.45) is 11.1 Å². The van der Waals surface area contributed by atoms with Crippen LogP contribution in [0.5, 0.6) is 0 Å². The molecule has 0 heterocycles. The van der Waals surface area contributed by atoms with Gasteiger partial charge in [0.2, 0.25) is 5.91 Å². The number of rotatable bonds is 2. The van der Waals surface area contributed by atoms with Crippen LogP contribution in [-0.2, 0) is 4.79 Å². The summed E-state index contributed by atoms with van der Waals surface area (Å²) in [7, 11) is 0. The summed E-state index contributed by atoms with van der Waals surface area (Å²) >= 11 is 5.95. The molecule has 1 atom stereocenters. The highest BCUT2D eigenvalue weighted by Gasteiger charge is 2.27. The molecule has 0 spiro atoms. The molecule has 1 rings (SSSR count). The summed E-state index contributed by atoms with van der Waals surface area (Å²) in [5.74, 6) is -0.320. The highest BCUT2D eigenvalue weighted by atomic mass is 35.5. The third kappa shape index (κ3) is 3.46. The molecule has 0 aliphatic carbocycles. The first-order chi connectivity index (χ1) is 8.25. The van der Waals surface area contributed by atoms with E-state index in [4.69, 9.17) is 22.6 Å². The zero-order valence-electron chi connectivity index (χ0n) is 10.6. The Bertz CT molecular complexity index is 500. The van der Waals surface area contributed by atoms with Crippen LogP contribution in [0.2, 0.25) is 5.02 Å². The molecule has 0 aliphatic heterocycles. The van der Waals surface area contributed by atoms with Gasteiger partial charge in [0, 0.05) is 0 Å². The van der Waals surface area contributed by atoms with Gasteiger partial charge in [0.05, 0.1) is 28.4 Å². The van der Waals surface area contributed by atoms with E-state index in [2.05, 4.69) is 5.32 Å². The smallest absolute Gasteiger partial charge is 0.241 e. The fourth-order valence-electron chi connectivity index (χ4n) is 1.29. The van der Waals surface area contributed by atoms with E-state index in [1.54, 1.807) is 12.1 Å². The summed E-state index contributed by atoms with van der Waals surface area (Å²) in [5, 5.41) is 11.8. The number of nitrogens with zero attached hydrogens (tertiary/aromatic N) is 1. The van der Waals surface area contributed by atoms with Crippen molar-refractivity contribution in [2.45, 2.75) is 26.8 Å². The number of hydrogen-bond acceptors (Lipinski definition) is 3. The lowest BCUT2D eigenvalue weighted by atomic mass is 9.87. The van der Waals surface area contributed by atoms with Crippen LogP contribution in [0.25, 0.3) is 0 Å². The number of nitrogens with one attached hydrogen (secondary N) is 1. The van der Waals surface area contributed by atoms with E-state index in [0.29, 0.717) is 16.3 Å². The van der Waals surface area contributed by atoms with Gasteiger partial charge in [0.15, 0.2) is 0 Å². The van der Waals surface area contributed by atoms with Gasteiger partial charge in [-0.05, 0) is 23.6 Å². The van der Waals surface area contributed by atoms with Crippen LogP contribution >= 0.6 is 11.6 Å². The Kier molecular flexibility index (Phi) is 4.33. The van der Waals surface area contributed by atoms with Gasteiger partial charge < -0.3 is 11.1 Å². The van der Waals surface area contributed by atoms with Crippen molar-refractivity contribution in [3.8, 4) is 6.07 Å². The zero-order chi connectivity index (χ0) is 13.9. The largest absolute Gasteiger partial charge is 0.323 e. The maximum Gasteiger partial charge on any atom is 0.241 e. The Morgan fingerprint density at radius 1 is 1.50 bits per heavy atom. The molecule has 0 aromatic heterocycles. The topological polar surface area (TPSA) is 78.9 Å². The zero-order valence-corrected chi connectivity index (χ0v) is 11.4. The quantitative estimate of drug-likeness (QED) is 0.862. The number of anilines is 1. The maximum atomic E-state index is 11.9. The number of nitrogens with two attached hydrogens (primary N) is 1. The third-order valence-electron chi connectivity index (χ3n) is 2.57. The Morgan fingerprint density at radius 2 is 2.11 bits per heavy atom. The van der Waals surface area contributed by atoms with Crippen LogP contribution in [0.3, 0.4) is 0 Å². The maximum absolute atomic E-state index is 11.9. The van der Waals surface area contributed by atoms with Gasteiger partial charge in [-0.3, -0.25) is 4.79 Å². The van der Waals surface area contributed by atoms with Crippen molar-refractivity contribution in [1.29, 1.82) is 5.26 Å². The van der Waals surface area contributed by atoms with Gasteiger partial charge in [0.25, 0.3) is 0 Å². The summed E-state index contributed by atoms with van der Waals surface area (Å²) in [5.41, 5.74) is 6.33. The summed E-state index contributed by atoms with van der Waals surface area (Å²) in [6.45, 7) is 5.64. The summed E-state index contributed by atoms with van der Waals surface area (Å²) < 4.78 is 0. The highest BCUT2D eigenvalue weighted by molar-refractivity contribution is 6.33. The first-order valence-electron chi connectivity index (χ1n) is 5.52. The van der Waals surface area contributed by atoms with Crippen molar-refractivity contribution in [3.63, 3.8) is 0 Å². The molecule has 96 valence electrons. The van der Waals surface area contributed by atoms with Gasteiger partial charge in [0.1, 0.15) is 0 Å². The van der Waals surface area contributed by atoms with Crippen LogP contribution in [0.1, 0.15) is 26.3 Å². The van der Waals surface area contributed by atoms with E-state index >= 15 is 0 Å². The SMILES string of the molecule is CC(C)(C)[C@H](N)C(=O)Nc1cc(C#N)ccc1Cl. The van der Waals surface area contributed by atoms with Crippen LogP contribution in [0, 0.1) is 16.7 Å². The van der Waals surface area contributed by atoms with E-state index in [1.807, 2.05) is 26.8 Å². The third-order valence-corrected chi connectivity index (χ3v) is 2.90. The first-order valence-corrected chi connectivity index (χ1v) is 5.89. The Hall–Kier alpha value is -1.57. The lowest BCUT2D eigenvalue weighted by Gasteiger charge is -2.26. The summed E-state index contributed by atoms with van der Waals surface area (Å²) in [4.78, 5) is 11.9. The van der Waals surface area contributed by atoms with Crippen LogP contribution < -0.4 is 11.1 Å². The molecule has 0 unspecified atom stereocenters. The van der Waals surface area contributed by atoms with Crippen molar-refractivity contribution in [1.82, 2.24) is 0 Å². The number of halogens is 1. The second kappa shape index (κ2) is 5.38. The first kappa shape index (κ1) is 14.5. The van der Waals surface area contributed by atoms with E-state index in [9.17, 15) is 4.79 Å². The van der Waals surface area contributed by atoms with Gasteiger partial charge >= 0.3 is 0 Å². The van der Waals surface area contributed by atoms with Crippen molar-refractivity contribution < 1.29 is 4.79 Å². The molecule has 0 bridgehead atoms. The predicted octanol–water partition coefficient (Wildman–Crippen LogP) is 2.52. The fraction of sp³-hybridized carbons (Fsp3) is 0.385. The Balaban J connectivity index is 2.92. The number of hydrogen-bond donors (Lipinski definition) is 2. The number of carbonyl (C=O) groups is 1. The van der Waals surface area contributed by atoms with Crippen molar-refractivity contribution in [2.75, 3.05) is 5.32 Å². The number of amides is 1. The predicted molar refractivity (Wildman–Crippen MR) is 72.2 cm³/mol. The molecule has 0 saturated carbocycles. The van der Waals surface area contributed by atoms with Crippen molar-refractivity contribution in [3.05, 3.63) is 28.8 Å². The number of benzene rings is 1. The number of carbonyl (C=O) groups excluding carboxylic acids is 1. The standard InChI is InChI=1S/C13H16ClN3O/c1-13(2,3)11(16)12(18)17-10-6-8(7-15)4-5-9(10)14/h4-6,11H,16H2,1-3H3,(H,17,18)/t11-/m1/s1. The van der Waals surface area contributed by atoms with E-state index in [0.717, 1.165) is 0 Å². The van der Waals surface area contributed by atoms with Crippen LogP contribution in [0.15, 0.2) is 18.2 Å². The molecule has 0 saturated heterocycles. The minimum Gasteiger partial charge on any atom is -0.323 e. The highest BCUT2D eigenvalue weighted by Crippen LogP contribution is 2.24. The average Bonchev–Trinajstić information content (AvgIpc) is 2.29. The molecule has 0 aliphatic rings. The molecule has 3 N–H and O–H groups in total. The molecule has 0 radical (unpaired) electrons. The molecule has 4 nitrogen and oxygen atoms in total. The Morgan fingerprint density at radius 3 is 2.61 bits per heavy atom.